The number of hydrogen-bond donors (Lipinski definition) is 0. The van der Waals surface area contributed by atoms with Gasteiger partial charge in [0.25, 0.3) is 0 Å². The highest BCUT2D eigenvalue weighted by Gasteiger charge is 2.33. The topological polar surface area (TPSA) is 0 Å². The minimum absolute atomic E-state index is 1.02. The summed E-state index contributed by atoms with van der Waals surface area (Å²) in [5.74, 6) is 0. The predicted octanol–water partition coefficient (Wildman–Crippen LogP) is 17.1. The highest BCUT2D eigenvalue weighted by atomic mass is 14.4. The monoisotopic (exact) mass is 764 g/mol. The van der Waals surface area contributed by atoms with Gasteiger partial charge in [0.1, 0.15) is 0 Å². The van der Waals surface area contributed by atoms with Crippen LogP contribution >= 0.6 is 0 Å². The Bertz CT molecular complexity index is 3650. The summed E-state index contributed by atoms with van der Waals surface area (Å²) in [5.41, 5.74) is 20.4. The molecule has 0 radical (unpaired) electrons. The first-order valence-electron chi connectivity index (χ1n) is 22.4. The second-order valence-electron chi connectivity index (χ2n) is 18.0. The van der Waals surface area contributed by atoms with Gasteiger partial charge >= 0.3 is 0 Å². The van der Waals surface area contributed by atoms with Gasteiger partial charge in [-0.25, -0.2) is 0 Å². The molecule has 60 heavy (non-hydrogen) atoms. The first-order chi connectivity index (χ1) is 29.5. The summed E-state index contributed by atoms with van der Waals surface area (Å²) in [7, 11) is 0. The zero-order valence-electron chi connectivity index (χ0n) is 35.2. The third-order valence-corrected chi connectivity index (χ3v) is 15.6. The third-order valence-electron chi connectivity index (χ3n) is 15.6. The molecule has 0 saturated carbocycles. The Kier molecular flexibility index (Phi) is 6.22. The van der Waals surface area contributed by atoms with Crippen molar-refractivity contribution in [3.05, 3.63) is 143 Å². The van der Waals surface area contributed by atoms with E-state index in [1.54, 1.807) is 0 Å². The van der Waals surface area contributed by atoms with Gasteiger partial charge < -0.3 is 0 Å². The molecule has 14 rings (SSSR count). The Morgan fingerprint density at radius 2 is 0.517 bits per heavy atom. The molecule has 0 aromatic heterocycles. The molecule has 0 heteroatoms. The average molecular weight is 765 g/mol. The molecule has 12 aromatic rings. The molecule has 0 nitrogen and oxygen atoms in total. The van der Waals surface area contributed by atoms with Crippen LogP contribution in [0.15, 0.2) is 109 Å². The molecule has 0 spiro atoms. The van der Waals surface area contributed by atoms with E-state index in [9.17, 15) is 0 Å². The first-order valence-corrected chi connectivity index (χ1v) is 22.4. The van der Waals surface area contributed by atoms with E-state index in [1.807, 2.05) is 0 Å². The van der Waals surface area contributed by atoms with E-state index in [-0.39, 0.29) is 0 Å². The minimum atomic E-state index is 1.02. The zero-order chi connectivity index (χ0) is 40.0. The Morgan fingerprint density at radius 1 is 0.250 bits per heavy atom. The average Bonchev–Trinajstić information content (AvgIpc) is 3.80. The summed E-state index contributed by atoms with van der Waals surface area (Å²) >= 11 is 0. The molecular weight excluding hydrogens is 721 g/mol. The third kappa shape index (κ3) is 3.58. The highest BCUT2D eigenvalue weighted by molar-refractivity contribution is 6.45. The van der Waals surface area contributed by atoms with E-state index in [1.165, 1.54) is 175 Å². The SMILES string of the molecule is CCc1c2c(c(CC)c3c(C)cccc13)-c1ccc3c4ccc5c6ccc7c8c(ccc(c9ccc(c%10ccc-2c1c%103)c4c95)c86)-c1c-7c(CC)c2c(C)cccc2c1CC. The normalized spacial score (nSPS) is 13.1. The van der Waals surface area contributed by atoms with E-state index in [4.69, 9.17) is 0 Å². The number of aryl methyl sites for hydroxylation is 6. The number of hydrogen-bond acceptors (Lipinski definition) is 0. The molecule has 0 atom stereocenters. The van der Waals surface area contributed by atoms with Crippen LogP contribution in [-0.2, 0) is 25.7 Å². The molecule has 284 valence electrons. The minimum Gasteiger partial charge on any atom is -0.0614 e. The first kappa shape index (κ1) is 33.3. The van der Waals surface area contributed by atoms with Gasteiger partial charge in [0.05, 0.1) is 0 Å². The lowest BCUT2D eigenvalue weighted by Crippen LogP contribution is -1.98. The quantitative estimate of drug-likeness (QED) is 0.124. The molecule has 0 amide bonds. The Balaban J connectivity index is 1.10. The van der Waals surface area contributed by atoms with Gasteiger partial charge in [-0.05, 0) is 214 Å². The van der Waals surface area contributed by atoms with Crippen molar-refractivity contribution in [2.24, 2.45) is 0 Å². The number of benzene rings is 12. The van der Waals surface area contributed by atoms with Crippen LogP contribution in [0, 0.1) is 13.8 Å². The molecule has 0 bridgehead atoms. The predicted molar refractivity (Wildman–Crippen MR) is 262 cm³/mol. The highest BCUT2D eigenvalue weighted by Crippen LogP contribution is 2.59. The van der Waals surface area contributed by atoms with E-state index in [2.05, 4.69) is 151 Å². The van der Waals surface area contributed by atoms with Gasteiger partial charge in [-0.3, -0.25) is 0 Å². The lowest BCUT2D eigenvalue weighted by atomic mass is 9.82. The van der Waals surface area contributed by atoms with Gasteiger partial charge in [-0.1, -0.05) is 137 Å². The molecule has 2 aliphatic carbocycles. The second kappa shape index (κ2) is 11.2. The van der Waals surface area contributed by atoms with Crippen LogP contribution in [0.3, 0.4) is 0 Å². The smallest absolute Gasteiger partial charge is 0.00137 e. The van der Waals surface area contributed by atoms with Crippen LogP contribution in [0.4, 0.5) is 0 Å². The van der Waals surface area contributed by atoms with Gasteiger partial charge in [0, 0.05) is 0 Å². The van der Waals surface area contributed by atoms with Crippen LogP contribution in [-0.4, -0.2) is 0 Å². The van der Waals surface area contributed by atoms with Crippen LogP contribution in [0.5, 0.6) is 0 Å². The Morgan fingerprint density at radius 3 is 0.817 bits per heavy atom. The second-order valence-corrected chi connectivity index (χ2v) is 18.0. The van der Waals surface area contributed by atoms with Crippen molar-refractivity contribution in [3.63, 3.8) is 0 Å². The molecule has 0 N–H and O–H groups in total. The molecule has 12 aromatic carbocycles. The molecular formula is C60H44. The van der Waals surface area contributed by atoms with E-state index < -0.39 is 0 Å². The lowest BCUT2D eigenvalue weighted by Gasteiger charge is -2.20. The van der Waals surface area contributed by atoms with E-state index >= 15 is 0 Å². The van der Waals surface area contributed by atoms with Gasteiger partial charge in [0.15, 0.2) is 0 Å². The summed E-state index contributed by atoms with van der Waals surface area (Å²) in [5, 5.41) is 25.4. The largest absolute Gasteiger partial charge is 0.0614 e. The van der Waals surface area contributed by atoms with Crippen molar-refractivity contribution in [1.29, 1.82) is 0 Å². The van der Waals surface area contributed by atoms with Crippen molar-refractivity contribution in [2.45, 2.75) is 67.2 Å². The van der Waals surface area contributed by atoms with Gasteiger partial charge in [-0.15, -0.1) is 0 Å². The van der Waals surface area contributed by atoms with Crippen molar-refractivity contribution < 1.29 is 0 Å². The molecule has 0 fully saturated rings. The summed E-state index contributed by atoms with van der Waals surface area (Å²) in [6, 6.07) is 43.5. The van der Waals surface area contributed by atoms with Crippen molar-refractivity contribution in [3.8, 4) is 44.5 Å². The fourth-order valence-electron chi connectivity index (χ4n) is 13.5. The lowest BCUT2D eigenvalue weighted by molar-refractivity contribution is 1.13. The maximum Gasteiger partial charge on any atom is -0.00137 e. The van der Waals surface area contributed by atoms with E-state index in [0.29, 0.717) is 0 Å². The molecule has 0 heterocycles. The molecule has 0 unspecified atom stereocenters. The molecule has 2 aliphatic rings. The van der Waals surface area contributed by atoms with Crippen LogP contribution in [0.1, 0.15) is 61.1 Å². The van der Waals surface area contributed by atoms with Crippen molar-refractivity contribution in [2.75, 3.05) is 0 Å². The maximum absolute atomic E-state index is 2.48. The molecule has 0 aliphatic heterocycles. The maximum atomic E-state index is 2.48. The van der Waals surface area contributed by atoms with E-state index in [0.717, 1.165) is 25.7 Å². The zero-order valence-corrected chi connectivity index (χ0v) is 35.2. The van der Waals surface area contributed by atoms with Crippen LogP contribution in [0.2, 0.25) is 0 Å². The fourth-order valence-corrected chi connectivity index (χ4v) is 13.5. The Labute approximate surface area is 349 Å². The number of fused-ring (bicyclic) bond motifs is 12. The van der Waals surface area contributed by atoms with Gasteiger partial charge in [-0.2, -0.15) is 0 Å². The van der Waals surface area contributed by atoms with Crippen LogP contribution < -0.4 is 0 Å². The van der Waals surface area contributed by atoms with Gasteiger partial charge in [0.2, 0.25) is 0 Å². The molecule has 0 saturated heterocycles. The van der Waals surface area contributed by atoms with Crippen LogP contribution in [0.25, 0.3) is 141 Å². The summed E-state index contributed by atoms with van der Waals surface area (Å²) in [6.45, 7) is 14.0. The summed E-state index contributed by atoms with van der Waals surface area (Å²) in [6.07, 6.45) is 4.07. The summed E-state index contributed by atoms with van der Waals surface area (Å²) in [4.78, 5) is 0. The Hall–Kier alpha value is -6.50. The summed E-state index contributed by atoms with van der Waals surface area (Å²) < 4.78 is 0. The fraction of sp³-hybridized carbons (Fsp3) is 0.167. The standard InChI is InChI=1S/C60H44/c1-7-31-35-15-11-13-29(5)49(35)33(9-3)53-47-27-23-43-39-19-20-40-44-24-28-48-54-34(10-4)50-30(6)14-12-16-36(50)32(8-2)52(54)46-26-22-42(58(44)60(46)48)38-18-17-37(55(39)56(38)40)41-21-25-45(51(31)53)59(47)57(41)43/h11-28H,7-10H2,1-6H3. The van der Waals surface area contributed by atoms with Crippen molar-refractivity contribution >= 4 is 97.0 Å². The number of rotatable bonds is 4. The van der Waals surface area contributed by atoms with Crippen molar-refractivity contribution in [1.82, 2.24) is 0 Å².